The van der Waals surface area contributed by atoms with Gasteiger partial charge in [0, 0.05) is 12.7 Å². The van der Waals surface area contributed by atoms with Gasteiger partial charge in [-0.25, -0.2) is 0 Å². The molecule has 0 radical (unpaired) electrons. The summed E-state index contributed by atoms with van der Waals surface area (Å²) in [6.45, 7) is 2.13. The number of para-hydroxylation sites is 1. The molecular formula is C32H29N. The molecule has 1 nitrogen and oxygen atoms in total. The number of rotatable bonds is 5. The number of nitrogens with zero attached hydrogens (tertiary/aromatic N) is 1. The predicted molar refractivity (Wildman–Crippen MR) is 142 cm³/mol. The Balaban J connectivity index is 1.36. The van der Waals surface area contributed by atoms with Crippen LogP contribution >= 0.6 is 0 Å². The summed E-state index contributed by atoms with van der Waals surface area (Å²) in [6.07, 6.45) is 7.97. The van der Waals surface area contributed by atoms with Crippen LogP contribution in [0.2, 0.25) is 0 Å². The lowest BCUT2D eigenvalue weighted by Gasteiger charge is -2.29. The summed E-state index contributed by atoms with van der Waals surface area (Å²) in [5.74, 6) is 0. The van der Waals surface area contributed by atoms with Crippen LogP contribution in [0.1, 0.15) is 17.5 Å². The Morgan fingerprint density at radius 1 is 0.636 bits per heavy atom. The van der Waals surface area contributed by atoms with Crippen LogP contribution in [0.15, 0.2) is 121 Å². The Labute approximate surface area is 197 Å². The number of likely N-dealkylation sites (N-methyl/N-ethyl adjacent to an activating group) is 1. The van der Waals surface area contributed by atoms with Crippen molar-refractivity contribution >= 4 is 11.3 Å². The molecule has 33 heavy (non-hydrogen) atoms. The van der Waals surface area contributed by atoms with Crippen molar-refractivity contribution in [3.05, 3.63) is 132 Å². The lowest BCUT2D eigenvalue weighted by Crippen LogP contribution is -2.30. The van der Waals surface area contributed by atoms with Crippen molar-refractivity contribution in [2.75, 3.05) is 11.9 Å². The molecule has 1 aliphatic rings. The van der Waals surface area contributed by atoms with E-state index in [0.29, 0.717) is 6.04 Å². The fraction of sp³-hybridized carbons (Fsp3) is 0.125. The van der Waals surface area contributed by atoms with Crippen LogP contribution in [-0.2, 0) is 0 Å². The molecule has 0 aliphatic heterocycles. The normalized spacial score (nSPS) is 15.2. The highest BCUT2D eigenvalue weighted by Crippen LogP contribution is 2.31. The molecule has 0 N–H and O–H groups in total. The van der Waals surface area contributed by atoms with Crippen LogP contribution in [0.4, 0.5) is 5.69 Å². The number of anilines is 1. The zero-order valence-electron chi connectivity index (χ0n) is 19.3. The van der Waals surface area contributed by atoms with Crippen LogP contribution in [-0.4, -0.2) is 13.1 Å². The average Bonchev–Trinajstić information content (AvgIpc) is 2.89. The maximum Gasteiger partial charge on any atom is 0.0507 e. The highest BCUT2D eigenvalue weighted by atomic mass is 15.1. The zero-order valence-corrected chi connectivity index (χ0v) is 19.3. The Hall–Kier alpha value is -3.84. The van der Waals surface area contributed by atoms with Crippen LogP contribution in [0.5, 0.6) is 0 Å². The van der Waals surface area contributed by atoms with Crippen LogP contribution in [0.25, 0.3) is 27.8 Å². The first-order valence-electron chi connectivity index (χ1n) is 11.6. The van der Waals surface area contributed by atoms with Crippen molar-refractivity contribution < 1.29 is 0 Å². The Kier molecular flexibility index (Phi) is 5.95. The standard InChI is InChI=1S/C32H29N/c1-24-14-16-25(17-15-24)27-8-6-10-29(22-27)30-11-7-9-28(23-30)26-18-20-32(21-19-26)33(2)31-12-4-3-5-13-31/h3-20,22-23,32H,21H2,1-2H3. The molecule has 0 fully saturated rings. The summed E-state index contributed by atoms with van der Waals surface area (Å²) < 4.78 is 0. The molecule has 4 aromatic carbocycles. The summed E-state index contributed by atoms with van der Waals surface area (Å²) in [6, 6.07) is 37.5. The minimum Gasteiger partial charge on any atom is -0.368 e. The third-order valence-corrected chi connectivity index (χ3v) is 6.51. The van der Waals surface area contributed by atoms with Crippen molar-refractivity contribution in [3.63, 3.8) is 0 Å². The minimum absolute atomic E-state index is 0.380. The van der Waals surface area contributed by atoms with Gasteiger partial charge in [0.25, 0.3) is 0 Å². The average molecular weight is 428 g/mol. The van der Waals surface area contributed by atoms with Crippen molar-refractivity contribution in [1.29, 1.82) is 0 Å². The molecule has 1 aliphatic carbocycles. The fourth-order valence-electron chi connectivity index (χ4n) is 4.47. The van der Waals surface area contributed by atoms with E-state index in [1.165, 1.54) is 44.6 Å². The van der Waals surface area contributed by atoms with Crippen molar-refractivity contribution in [2.24, 2.45) is 0 Å². The van der Waals surface area contributed by atoms with E-state index in [9.17, 15) is 0 Å². The van der Waals surface area contributed by atoms with E-state index < -0.39 is 0 Å². The van der Waals surface area contributed by atoms with E-state index in [1.54, 1.807) is 0 Å². The van der Waals surface area contributed by atoms with Crippen molar-refractivity contribution in [2.45, 2.75) is 19.4 Å². The highest BCUT2D eigenvalue weighted by molar-refractivity contribution is 5.80. The second-order valence-electron chi connectivity index (χ2n) is 8.80. The number of hydrogen-bond donors (Lipinski definition) is 0. The maximum absolute atomic E-state index is 2.37. The van der Waals surface area contributed by atoms with Gasteiger partial charge in [-0.3, -0.25) is 0 Å². The lowest BCUT2D eigenvalue weighted by molar-refractivity contribution is 0.755. The Morgan fingerprint density at radius 3 is 1.88 bits per heavy atom. The topological polar surface area (TPSA) is 3.24 Å². The molecule has 0 saturated carbocycles. The molecule has 0 spiro atoms. The highest BCUT2D eigenvalue weighted by Gasteiger charge is 2.15. The van der Waals surface area contributed by atoms with Gasteiger partial charge in [0.05, 0.1) is 6.04 Å². The van der Waals surface area contributed by atoms with Crippen LogP contribution in [0.3, 0.4) is 0 Å². The van der Waals surface area contributed by atoms with Gasteiger partial charge in [-0.15, -0.1) is 0 Å². The van der Waals surface area contributed by atoms with Crippen molar-refractivity contribution in [1.82, 2.24) is 0 Å². The van der Waals surface area contributed by atoms with Gasteiger partial charge in [-0.2, -0.15) is 0 Å². The summed E-state index contributed by atoms with van der Waals surface area (Å²) in [5.41, 5.74) is 10.1. The summed E-state index contributed by atoms with van der Waals surface area (Å²) >= 11 is 0. The van der Waals surface area contributed by atoms with E-state index in [2.05, 4.69) is 140 Å². The maximum atomic E-state index is 2.37. The van der Waals surface area contributed by atoms with Crippen molar-refractivity contribution in [3.8, 4) is 22.3 Å². The van der Waals surface area contributed by atoms with Gasteiger partial charge in [0.2, 0.25) is 0 Å². The summed E-state index contributed by atoms with van der Waals surface area (Å²) in [4.78, 5) is 2.34. The fourth-order valence-corrected chi connectivity index (χ4v) is 4.47. The molecule has 1 atom stereocenters. The summed E-state index contributed by atoms with van der Waals surface area (Å²) in [7, 11) is 2.17. The largest absolute Gasteiger partial charge is 0.368 e. The van der Waals surface area contributed by atoms with Crippen LogP contribution < -0.4 is 4.90 Å². The van der Waals surface area contributed by atoms with E-state index in [0.717, 1.165) is 6.42 Å². The van der Waals surface area contributed by atoms with E-state index in [-0.39, 0.29) is 0 Å². The molecule has 0 saturated heterocycles. The predicted octanol–water partition coefficient (Wildman–Crippen LogP) is 8.18. The molecule has 162 valence electrons. The molecule has 5 rings (SSSR count). The molecule has 0 aromatic heterocycles. The molecule has 0 bridgehead atoms. The molecular weight excluding hydrogens is 398 g/mol. The molecule has 1 unspecified atom stereocenters. The van der Waals surface area contributed by atoms with E-state index >= 15 is 0 Å². The third-order valence-electron chi connectivity index (χ3n) is 6.51. The first kappa shape index (κ1) is 21.0. The number of benzene rings is 4. The van der Waals surface area contributed by atoms with Gasteiger partial charge in [-0.1, -0.05) is 103 Å². The quantitative estimate of drug-likeness (QED) is 0.310. The second-order valence-corrected chi connectivity index (χ2v) is 8.80. The number of hydrogen-bond acceptors (Lipinski definition) is 1. The molecule has 1 heteroatoms. The summed E-state index contributed by atoms with van der Waals surface area (Å²) in [5, 5.41) is 0. The SMILES string of the molecule is Cc1ccc(-c2cccc(-c3cccc(C4=CCC(N(C)c5ccccc5)C=C4)c3)c2)cc1. The molecule has 4 aromatic rings. The smallest absolute Gasteiger partial charge is 0.0507 e. The second kappa shape index (κ2) is 9.34. The first-order chi connectivity index (χ1) is 16.2. The van der Waals surface area contributed by atoms with Gasteiger partial charge in [-0.05, 0) is 71.0 Å². The first-order valence-corrected chi connectivity index (χ1v) is 11.6. The Morgan fingerprint density at radius 2 is 1.24 bits per heavy atom. The van der Waals surface area contributed by atoms with Gasteiger partial charge in [0.15, 0.2) is 0 Å². The third kappa shape index (κ3) is 4.68. The molecule has 0 heterocycles. The van der Waals surface area contributed by atoms with Crippen LogP contribution in [0, 0.1) is 6.92 Å². The number of aryl methyl sites for hydroxylation is 1. The van der Waals surface area contributed by atoms with Gasteiger partial charge < -0.3 is 4.90 Å². The Bertz CT molecular complexity index is 1300. The van der Waals surface area contributed by atoms with Gasteiger partial charge >= 0.3 is 0 Å². The van der Waals surface area contributed by atoms with E-state index in [4.69, 9.17) is 0 Å². The van der Waals surface area contributed by atoms with Gasteiger partial charge in [0.1, 0.15) is 0 Å². The lowest BCUT2D eigenvalue weighted by atomic mass is 9.93. The monoisotopic (exact) mass is 427 g/mol. The molecule has 0 amide bonds. The van der Waals surface area contributed by atoms with E-state index in [1.807, 2.05) is 0 Å². The zero-order chi connectivity index (χ0) is 22.6. The minimum atomic E-state index is 0.380. The number of allylic oxidation sites excluding steroid dienone is 2.